The van der Waals surface area contributed by atoms with Crippen molar-refractivity contribution < 1.29 is 19.2 Å². The van der Waals surface area contributed by atoms with E-state index in [2.05, 4.69) is 0 Å². The van der Waals surface area contributed by atoms with Crippen LogP contribution in [0.3, 0.4) is 0 Å². The van der Waals surface area contributed by atoms with Crippen molar-refractivity contribution in [1.82, 2.24) is 4.90 Å². The first-order valence-electron chi connectivity index (χ1n) is 7.83. The number of nitro benzene ring substituents is 1. The second-order valence-electron chi connectivity index (χ2n) is 5.52. The predicted octanol–water partition coefficient (Wildman–Crippen LogP) is 3.28. The number of benzene rings is 2. The maximum atomic E-state index is 12.4. The molecule has 0 N–H and O–H groups in total. The molecule has 0 fully saturated rings. The summed E-state index contributed by atoms with van der Waals surface area (Å²) in [5, 5.41) is 11.1. The first kappa shape index (κ1) is 19.0. The Morgan fingerprint density at radius 1 is 1.19 bits per heavy atom. The average Bonchev–Trinajstić information content (AvgIpc) is 2.65. The van der Waals surface area contributed by atoms with Crippen LogP contribution >= 0.6 is 0 Å². The molecule has 0 aliphatic rings. The van der Waals surface area contributed by atoms with E-state index in [9.17, 15) is 14.9 Å². The van der Waals surface area contributed by atoms with Gasteiger partial charge in [-0.15, -0.1) is 0 Å². The van der Waals surface area contributed by atoms with Crippen LogP contribution in [0, 0.1) is 10.1 Å². The molecule has 0 aliphatic heterocycles. The Labute approximate surface area is 151 Å². The molecule has 0 spiro atoms. The molecule has 2 rings (SSSR count). The molecule has 1 amide bonds. The summed E-state index contributed by atoms with van der Waals surface area (Å²) in [6.45, 7) is 0.134. The smallest absolute Gasteiger partial charge is 0.274 e. The minimum atomic E-state index is -0.454. The zero-order chi connectivity index (χ0) is 19.1. The highest BCUT2D eigenvalue weighted by molar-refractivity contribution is 5.92. The standard InChI is InChI=1S/C19H20N2O5/c1-20(13-15-6-4-5-7-17(15)21(23)24)19(22)11-8-14-12-16(25-2)9-10-18(14)26-3/h4-12H,13H2,1-3H3/b11-8+. The Morgan fingerprint density at radius 2 is 1.92 bits per heavy atom. The van der Waals surface area contributed by atoms with Crippen LogP contribution in [-0.2, 0) is 11.3 Å². The Bertz CT molecular complexity index is 832. The zero-order valence-corrected chi connectivity index (χ0v) is 14.8. The third-order valence-corrected chi connectivity index (χ3v) is 3.81. The molecule has 2 aromatic rings. The highest BCUT2D eigenvalue weighted by Crippen LogP contribution is 2.25. The van der Waals surface area contributed by atoms with E-state index in [-0.39, 0.29) is 18.1 Å². The molecule has 0 unspecified atom stereocenters. The third kappa shape index (κ3) is 4.60. The van der Waals surface area contributed by atoms with Gasteiger partial charge in [-0.05, 0) is 24.3 Å². The lowest BCUT2D eigenvalue weighted by molar-refractivity contribution is -0.385. The van der Waals surface area contributed by atoms with E-state index >= 15 is 0 Å². The molecule has 26 heavy (non-hydrogen) atoms. The van der Waals surface area contributed by atoms with Gasteiger partial charge >= 0.3 is 0 Å². The van der Waals surface area contributed by atoms with Crippen molar-refractivity contribution in [2.75, 3.05) is 21.3 Å². The number of likely N-dealkylation sites (N-methyl/N-ethyl adjacent to an activating group) is 1. The number of hydrogen-bond acceptors (Lipinski definition) is 5. The maximum Gasteiger partial charge on any atom is 0.274 e. The first-order chi connectivity index (χ1) is 12.5. The van der Waals surface area contributed by atoms with Crippen molar-refractivity contribution >= 4 is 17.7 Å². The van der Waals surface area contributed by atoms with E-state index < -0.39 is 4.92 Å². The van der Waals surface area contributed by atoms with Crippen LogP contribution in [0.1, 0.15) is 11.1 Å². The Balaban J connectivity index is 2.15. The number of amides is 1. The van der Waals surface area contributed by atoms with Gasteiger partial charge in [0.2, 0.25) is 5.91 Å². The highest BCUT2D eigenvalue weighted by atomic mass is 16.6. The van der Waals surface area contributed by atoms with Crippen molar-refractivity contribution in [2.24, 2.45) is 0 Å². The second kappa shape index (κ2) is 8.66. The van der Waals surface area contributed by atoms with E-state index in [1.54, 1.807) is 63.7 Å². The summed E-state index contributed by atoms with van der Waals surface area (Å²) in [5.74, 6) is 0.968. The lowest BCUT2D eigenvalue weighted by Gasteiger charge is -2.15. The second-order valence-corrected chi connectivity index (χ2v) is 5.52. The predicted molar refractivity (Wildman–Crippen MR) is 98.2 cm³/mol. The molecule has 2 aromatic carbocycles. The number of para-hydroxylation sites is 1. The highest BCUT2D eigenvalue weighted by Gasteiger charge is 2.15. The van der Waals surface area contributed by atoms with Gasteiger partial charge < -0.3 is 14.4 Å². The molecule has 136 valence electrons. The van der Waals surface area contributed by atoms with Crippen LogP contribution < -0.4 is 9.47 Å². The quantitative estimate of drug-likeness (QED) is 0.432. The molecule has 0 saturated heterocycles. The topological polar surface area (TPSA) is 81.9 Å². The largest absolute Gasteiger partial charge is 0.497 e. The van der Waals surface area contributed by atoms with E-state index in [4.69, 9.17) is 9.47 Å². The number of carbonyl (C=O) groups is 1. The summed E-state index contributed by atoms with van der Waals surface area (Å²) in [7, 11) is 4.69. The Kier molecular flexibility index (Phi) is 6.32. The van der Waals surface area contributed by atoms with Crippen molar-refractivity contribution in [3.8, 4) is 11.5 Å². The molecule has 0 aromatic heterocycles. The molecule has 0 radical (unpaired) electrons. The van der Waals surface area contributed by atoms with Crippen molar-refractivity contribution in [3.63, 3.8) is 0 Å². The number of nitro groups is 1. The molecular weight excluding hydrogens is 336 g/mol. The molecule has 0 atom stereocenters. The minimum Gasteiger partial charge on any atom is -0.497 e. The average molecular weight is 356 g/mol. The fourth-order valence-corrected chi connectivity index (χ4v) is 2.41. The Morgan fingerprint density at radius 3 is 2.58 bits per heavy atom. The van der Waals surface area contributed by atoms with Gasteiger partial charge in [0, 0.05) is 30.3 Å². The van der Waals surface area contributed by atoms with Gasteiger partial charge in [0.25, 0.3) is 5.69 Å². The number of nitrogens with zero attached hydrogens (tertiary/aromatic N) is 2. The van der Waals surface area contributed by atoms with Gasteiger partial charge in [-0.25, -0.2) is 0 Å². The van der Waals surface area contributed by atoms with Crippen molar-refractivity contribution in [3.05, 3.63) is 69.8 Å². The van der Waals surface area contributed by atoms with Crippen molar-refractivity contribution in [2.45, 2.75) is 6.54 Å². The Hall–Kier alpha value is -3.35. The van der Waals surface area contributed by atoms with Gasteiger partial charge in [-0.1, -0.05) is 18.2 Å². The van der Waals surface area contributed by atoms with E-state index in [0.29, 0.717) is 22.6 Å². The van der Waals surface area contributed by atoms with Crippen LogP contribution in [0.4, 0.5) is 5.69 Å². The monoisotopic (exact) mass is 356 g/mol. The molecule has 7 heteroatoms. The van der Waals surface area contributed by atoms with Crippen LogP contribution in [0.2, 0.25) is 0 Å². The van der Waals surface area contributed by atoms with Gasteiger partial charge in [-0.3, -0.25) is 14.9 Å². The fourth-order valence-electron chi connectivity index (χ4n) is 2.41. The van der Waals surface area contributed by atoms with Crippen LogP contribution in [0.5, 0.6) is 11.5 Å². The van der Waals surface area contributed by atoms with Crippen LogP contribution in [0.25, 0.3) is 6.08 Å². The fraction of sp³-hybridized carbons (Fsp3) is 0.211. The van der Waals surface area contributed by atoms with Crippen LogP contribution in [0.15, 0.2) is 48.5 Å². The molecular formula is C19H20N2O5. The van der Waals surface area contributed by atoms with Gasteiger partial charge in [0.05, 0.1) is 25.7 Å². The summed E-state index contributed by atoms with van der Waals surface area (Å²) < 4.78 is 10.4. The summed E-state index contributed by atoms with van der Waals surface area (Å²) in [6.07, 6.45) is 3.02. The summed E-state index contributed by atoms with van der Waals surface area (Å²) in [5.41, 5.74) is 1.16. The molecule has 0 saturated carbocycles. The molecule has 0 heterocycles. The van der Waals surface area contributed by atoms with E-state index in [1.807, 2.05) is 0 Å². The van der Waals surface area contributed by atoms with Gasteiger partial charge in [-0.2, -0.15) is 0 Å². The number of ether oxygens (including phenoxy) is 2. The lowest BCUT2D eigenvalue weighted by atomic mass is 10.1. The maximum absolute atomic E-state index is 12.4. The number of rotatable bonds is 7. The minimum absolute atomic E-state index is 0.00871. The zero-order valence-electron chi connectivity index (χ0n) is 14.8. The molecule has 0 aliphatic carbocycles. The number of hydrogen-bond donors (Lipinski definition) is 0. The first-order valence-corrected chi connectivity index (χ1v) is 7.83. The summed E-state index contributed by atoms with van der Waals surface area (Å²) in [6, 6.07) is 11.6. The third-order valence-electron chi connectivity index (χ3n) is 3.81. The molecule has 7 nitrogen and oxygen atoms in total. The summed E-state index contributed by atoms with van der Waals surface area (Å²) in [4.78, 5) is 24.4. The SMILES string of the molecule is COc1ccc(OC)c(/C=C/C(=O)N(C)Cc2ccccc2[N+](=O)[O-])c1. The van der Waals surface area contributed by atoms with Gasteiger partial charge in [0.15, 0.2) is 0 Å². The van der Waals surface area contributed by atoms with Gasteiger partial charge in [0.1, 0.15) is 11.5 Å². The summed E-state index contributed by atoms with van der Waals surface area (Å²) >= 11 is 0. The van der Waals surface area contributed by atoms with E-state index in [1.165, 1.54) is 17.0 Å². The number of methoxy groups -OCH3 is 2. The van der Waals surface area contributed by atoms with Crippen molar-refractivity contribution in [1.29, 1.82) is 0 Å². The lowest BCUT2D eigenvalue weighted by Crippen LogP contribution is -2.24. The normalized spacial score (nSPS) is 10.6. The number of carbonyl (C=O) groups excluding carboxylic acids is 1. The van der Waals surface area contributed by atoms with Crippen LogP contribution in [-0.4, -0.2) is 37.0 Å². The molecule has 0 bridgehead atoms. The van der Waals surface area contributed by atoms with E-state index in [0.717, 1.165) is 0 Å².